The summed E-state index contributed by atoms with van der Waals surface area (Å²) in [6, 6.07) is 4.76. The molecule has 132 valence electrons. The van der Waals surface area contributed by atoms with Gasteiger partial charge in [0.15, 0.2) is 0 Å². The quantitative estimate of drug-likeness (QED) is 0.826. The Labute approximate surface area is 140 Å². The first-order chi connectivity index (χ1) is 11.3. The summed E-state index contributed by atoms with van der Waals surface area (Å²) in [6.45, 7) is 2.05. The number of hydrogen-bond donors (Lipinski definition) is 0. The Balaban J connectivity index is 2.32. The summed E-state index contributed by atoms with van der Waals surface area (Å²) >= 11 is 0. The average Bonchev–Trinajstić information content (AvgIpc) is 3.03. The third-order valence-corrected chi connectivity index (χ3v) is 4.03. The van der Waals surface area contributed by atoms with Gasteiger partial charge in [0, 0.05) is 20.6 Å². The summed E-state index contributed by atoms with van der Waals surface area (Å²) in [4.78, 5) is 27.0. The van der Waals surface area contributed by atoms with Crippen molar-refractivity contribution in [3.8, 4) is 5.75 Å². The fourth-order valence-corrected chi connectivity index (χ4v) is 2.87. The van der Waals surface area contributed by atoms with Crippen molar-refractivity contribution in [3.05, 3.63) is 29.8 Å². The van der Waals surface area contributed by atoms with Crippen LogP contribution in [0.5, 0.6) is 5.75 Å². The van der Waals surface area contributed by atoms with Crippen LogP contribution in [0, 0.1) is 0 Å². The highest BCUT2D eigenvalue weighted by Crippen LogP contribution is 2.38. The standard InChI is InChI=1S/C17H22F2N2O3/c1-4-24-14-10-6-5-8-12(14)17(18,19)16(23)21-11-7-9-13(21)15(22)20(2)3/h5-6,8,10,13H,4,7,9,11H2,1-3H3/t13-/m0/s1. The smallest absolute Gasteiger partial charge is 0.353 e. The summed E-state index contributed by atoms with van der Waals surface area (Å²) < 4.78 is 34.9. The second kappa shape index (κ2) is 7.15. The monoisotopic (exact) mass is 340 g/mol. The molecule has 1 heterocycles. The number of carbonyl (C=O) groups is 2. The molecule has 0 aliphatic carbocycles. The molecule has 1 aromatic rings. The molecule has 1 atom stereocenters. The van der Waals surface area contributed by atoms with E-state index in [1.165, 1.54) is 23.1 Å². The summed E-state index contributed by atoms with van der Waals surface area (Å²) in [5.74, 6) is -5.46. The van der Waals surface area contributed by atoms with Gasteiger partial charge < -0.3 is 14.5 Å². The lowest BCUT2D eigenvalue weighted by Crippen LogP contribution is -2.50. The molecule has 0 aromatic heterocycles. The number of amides is 2. The molecule has 2 amide bonds. The molecule has 1 aliphatic rings. The number of ether oxygens (including phenoxy) is 1. The molecule has 1 aliphatic heterocycles. The fourth-order valence-electron chi connectivity index (χ4n) is 2.87. The Morgan fingerprint density at radius 3 is 2.62 bits per heavy atom. The maximum atomic E-state index is 14.8. The molecule has 5 nitrogen and oxygen atoms in total. The van der Waals surface area contributed by atoms with E-state index in [-0.39, 0.29) is 24.8 Å². The first kappa shape index (κ1) is 18.2. The largest absolute Gasteiger partial charge is 0.493 e. The van der Waals surface area contributed by atoms with Crippen LogP contribution < -0.4 is 4.74 Å². The minimum atomic E-state index is -3.75. The van der Waals surface area contributed by atoms with Crippen LogP contribution in [0.15, 0.2) is 24.3 Å². The first-order valence-corrected chi connectivity index (χ1v) is 7.93. The average molecular weight is 340 g/mol. The maximum absolute atomic E-state index is 14.8. The summed E-state index contributed by atoms with van der Waals surface area (Å²) in [7, 11) is 3.09. The molecule has 7 heteroatoms. The highest BCUT2D eigenvalue weighted by Gasteiger charge is 2.50. The fraction of sp³-hybridized carbons (Fsp3) is 0.529. The van der Waals surface area contributed by atoms with Crippen molar-refractivity contribution < 1.29 is 23.1 Å². The summed E-state index contributed by atoms with van der Waals surface area (Å²) in [6.07, 6.45) is 0.922. The highest BCUT2D eigenvalue weighted by atomic mass is 19.3. The lowest BCUT2D eigenvalue weighted by atomic mass is 10.1. The van der Waals surface area contributed by atoms with Crippen LogP contribution in [-0.4, -0.2) is 54.9 Å². The van der Waals surface area contributed by atoms with Crippen molar-refractivity contribution in [2.24, 2.45) is 0 Å². The Morgan fingerprint density at radius 1 is 1.33 bits per heavy atom. The van der Waals surface area contributed by atoms with Gasteiger partial charge in [-0.2, -0.15) is 8.78 Å². The van der Waals surface area contributed by atoms with Gasteiger partial charge in [-0.05, 0) is 31.9 Å². The number of likely N-dealkylation sites (N-methyl/N-ethyl adjacent to an activating group) is 1. The van der Waals surface area contributed by atoms with Gasteiger partial charge in [-0.25, -0.2) is 0 Å². The SMILES string of the molecule is CCOc1ccccc1C(F)(F)C(=O)N1CCC[C@H]1C(=O)N(C)C. The summed E-state index contributed by atoms with van der Waals surface area (Å²) in [5, 5.41) is 0. The van der Waals surface area contributed by atoms with Crippen molar-refractivity contribution in [1.29, 1.82) is 0 Å². The van der Waals surface area contributed by atoms with Crippen LogP contribution in [-0.2, 0) is 15.5 Å². The number of benzene rings is 1. The number of likely N-dealkylation sites (tertiary alicyclic amines) is 1. The molecule has 1 fully saturated rings. The minimum absolute atomic E-state index is 0.0203. The molecule has 0 radical (unpaired) electrons. The van der Waals surface area contributed by atoms with E-state index in [1.807, 2.05) is 0 Å². The number of nitrogens with zero attached hydrogens (tertiary/aromatic N) is 2. The molecule has 0 spiro atoms. The van der Waals surface area contributed by atoms with Gasteiger partial charge in [0.1, 0.15) is 11.8 Å². The van der Waals surface area contributed by atoms with Crippen LogP contribution in [0.1, 0.15) is 25.3 Å². The van der Waals surface area contributed by atoms with Gasteiger partial charge in [0.25, 0.3) is 5.91 Å². The van der Waals surface area contributed by atoms with Gasteiger partial charge >= 0.3 is 5.92 Å². The molecule has 2 rings (SSSR count). The number of para-hydroxylation sites is 1. The molecular weight excluding hydrogens is 318 g/mol. The molecule has 0 unspecified atom stereocenters. The predicted octanol–water partition coefficient (Wildman–Crippen LogP) is 2.26. The Kier molecular flexibility index (Phi) is 5.41. The van der Waals surface area contributed by atoms with E-state index in [2.05, 4.69) is 0 Å². The zero-order chi connectivity index (χ0) is 17.9. The van der Waals surface area contributed by atoms with Crippen LogP contribution in [0.2, 0.25) is 0 Å². The Hall–Kier alpha value is -2.18. The Morgan fingerprint density at radius 2 is 2.00 bits per heavy atom. The zero-order valence-electron chi connectivity index (χ0n) is 14.1. The van der Waals surface area contributed by atoms with E-state index in [0.29, 0.717) is 12.8 Å². The van der Waals surface area contributed by atoms with E-state index >= 15 is 0 Å². The van der Waals surface area contributed by atoms with Crippen LogP contribution in [0.25, 0.3) is 0 Å². The number of carbonyl (C=O) groups excluding carboxylic acids is 2. The predicted molar refractivity (Wildman–Crippen MR) is 84.9 cm³/mol. The van der Waals surface area contributed by atoms with E-state index in [0.717, 1.165) is 4.90 Å². The lowest BCUT2D eigenvalue weighted by molar-refractivity contribution is -0.163. The molecule has 1 aromatic carbocycles. The van der Waals surface area contributed by atoms with Crippen LogP contribution in [0.3, 0.4) is 0 Å². The molecular formula is C17H22F2N2O3. The normalized spacial score (nSPS) is 17.7. The van der Waals surface area contributed by atoms with Gasteiger partial charge in [0.05, 0.1) is 12.2 Å². The van der Waals surface area contributed by atoms with Gasteiger partial charge in [-0.3, -0.25) is 9.59 Å². The number of alkyl halides is 2. The topological polar surface area (TPSA) is 49.9 Å². The second-order valence-electron chi connectivity index (χ2n) is 5.89. The number of hydrogen-bond acceptors (Lipinski definition) is 3. The minimum Gasteiger partial charge on any atom is -0.493 e. The highest BCUT2D eigenvalue weighted by molar-refractivity contribution is 5.92. The van der Waals surface area contributed by atoms with Crippen molar-refractivity contribution in [3.63, 3.8) is 0 Å². The first-order valence-electron chi connectivity index (χ1n) is 7.93. The van der Waals surface area contributed by atoms with Crippen molar-refractivity contribution in [2.75, 3.05) is 27.2 Å². The molecule has 24 heavy (non-hydrogen) atoms. The van der Waals surface area contributed by atoms with Crippen molar-refractivity contribution in [1.82, 2.24) is 9.80 Å². The van der Waals surface area contributed by atoms with E-state index < -0.39 is 23.4 Å². The van der Waals surface area contributed by atoms with Crippen LogP contribution >= 0.6 is 0 Å². The lowest BCUT2D eigenvalue weighted by Gasteiger charge is -2.30. The third-order valence-electron chi connectivity index (χ3n) is 4.03. The number of rotatable bonds is 5. The van der Waals surface area contributed by atoms with Crippen molar-refractivity contribution in [2.45, 2.75) is 31.7 Å². The zero-order valence-corrected chi connectivity index (χ0v) is 14.1. The molecule has 1 saturated heterocycles. The van der Waals surface area contributed by atoms with Gasteiger partial charge in [0.2, 0.25) is 5.91 Å². The van der Waals surface area contributed by atoms with E-state index in [9.17, 15) is 18.4 Å². The van der Waals surface area contributed by atoms with Gasteiger partial charge in [-0.15, -0.1) is 0 Å². The molecule has 0 N–H and O–H groups in total. The van der Waals surface area contributed by atoms with E-state index in [1.54, 1.807) is 27.1 Å². The van der Waals surface area contributed by atoms with Crippen molar-refractivity contribution >= 4 is 11.8 Å². The summed E-state index contributed by atoms with van der Waals surface area (Å²) in [5.41, 5.74) is -0.472. The van der Waals surface area contributed by atoms with E-state index in [4.69, 9.17) is 4.74 Å². The number of halogens is 2. The maximum Gasteiger partial charge on any atom is 0.353 e. The second-order valence-corrected chi connectivity index (χ2v) is 5.89. The Bertz CT molecular complexity index is 620. The third kappa shape index (κ3) is 3.34. The van der Waals surface area contributed by atoms with Gasteiger partial charge in [-0.1, -0.05) is 12.1 Å². The molecule has 0 bridgehead atoms. The molecule has 0 saturated carbocycles. The van der Waals surface area contributed by atoms with Crippen LogP contribution in [0.4, 0.5) is 8.78 Å².